The third-order valence-corrected chi connectivity index (χ3v) is 2.48. The quantitative estimate of drug-likeness (QED) is 0.633. The Morgan fingerprint density at radius 2 is 2.10 bits per heavy atom. The largest absolute Gasteiger partial charge is 0.506 e. The van der Waals surface area contributed by atoms with Gasteiger partial charge in [-0.25, -0.2) is 4.79 Å². The van der Waals surface area contributed by atoms with Crippen LogP contribution < -0.4 is 11.1 Å². The van der Waals surface area contributed by atoms with Gasteiger partial charge in [0, 0.05) is 0 Å². The third kappa shape index (κ3) is 5.07. The molecule has 0 aliphatic heterocycles. The Morgan fingerprint density at radius 3 is 2.65 bits per heavy atom. The van der Waals surface area contributed by atoms with Crippen LogP contribution in [0.25, 0.3) is 0 Å². The molecule has 0 radical (unpaired) electrons. The van der Waals surface area contributed by atoms with Crippen molar-refractivity contribution in [2.75, 3.05) is 11.9 Å². The maximum atomic E-state index is 11.7. The normalized spacial score (nSPS) is 12.8. The fourth-order valence-electron chi connectivity index (χ4n) is 1.60. The van der Waals surface area contributed by atoms with Crippen LogP contribution in [-0.2, 0) is 4.74 Å². The second-order valence-corrected chi connectivity index (χ2v) is 5.50. The molecular weight excluding hydrogens is 260 g/mol. The molecule has 5 N–H and O–H groups in total. The monoisotopic (exact) mass is 282 g/mol. The Hall–Kier alpha value is -1.79. The van der Waals surface area contributed by atoms with Gasteiger partial charge in [-0.2, -0.15) is 0 Å². The molecule has 1 aromatic carbocycles. The molecule has 0 unspecified atom stereocenters. The smallest absolute Gasteiger partial charge is 0.412 e. The highest BCUT2D eigenvalue weighted by molar-refractivity contribution is 5.87. The molecular formula is C14H22N2O4. The van der Waals surface area contributed by atoms with Crippen molar-refractivity contribution >= 4 is 11.8 Å². The van der Waals surface area contributed by atoms with Crippen LogP contribution in [0.5, 0.6) is 5.75 Å². The second kappa shape index (κ2) is 6.58. The number of benzene rings is 1. The third-order valence-electron chi connectivity index (χ3n) is 2.48. The lowest BCUT2D eigenvalue weighted by molar-refractivity contribution is 0.0635. The molecule has 1 rings (SSSR count). The number of carbonyl (C=O) groups excluding carboxylic acids is 1. The highest BCUT2D eigenvalue weighted by Gasteiger charge is 2.18. The lowest BCUT2D eigenvalue weighted by atomic mass is 10.1. The van der Waals surface area contributed by atoms with E-state index in [1.807, 2.05) is 0 Å². The van der Waals surface area contributed by atoms with Crippen molar-refractivity contribution in [2.45, 2.75) is 38.9 Å². The molecule has 20 heavy (non-hydrogen) atoms. The molecule has 0 spiro atoms. The van der Waals surface area contributed by atoms with Gasteiger partial charge in [0.25, 0.3) is 0 Å². The van der Waals surface area contributed by atoms with Crippen LogP contribution in [0.1, 0.15) is 38.9 Å². The Morgan fingerprint density at radius 1 is 1.45 bits per heavy atom. The molecule has 0 saturated carbocycles. The lowest BCUT2D eigenvalue weighted by Gasteiger charge is -2.20. The molecule has 1 atom stereocenters. The van der Waals surface area contributed by atoms with Gasteiger partial charge in [-0.05, 0) is 51.4 Å². The van der Waals surface area contributed by atoms with Gasteiger partial charge < -0.3 is 20.7 Å². The van der Waals surface area contributed by atoms with Crippen molar-refractivity contribution in [3.05, 3.63) is 23.8 Å². The van der Waals surface area contributed by atoms with E-state index in [-0.39, 0.29) is 11.4 Å². The molecule has 0 fully saturated rings. The summed E-state index contributed by atoms with van der Waals surface area (Å²) in [6.45, 7) is 5.58. The number of nitrogens with one attached hydrogen (secondary N) is 1. The van der Waals surface area contributed by atoms with Crippen LogP contribution in [0.3, 0.4) is 0 Å². The summed E-state index contributed by atoms with van der Waals surface area (Å²) in [5.74, 6) is -0.0976. The summed E-state index contributed by atoms with van der Waals surface area (Å²) < 4.78 is 5.10. The van der Waals surface area contributed by atoms with Crippen molar-refractivity contribution in [2.24, 2.45) is 5.73 Å². The zero-order valence-corrected chi connectivity index (χ0v) is 12.0. The predicted molar refractivity (Wildman–Crippen MR) is 76.6 cm³/mol. The van der Waals surface area contributed by atoms with E-state index >= 15 is 0 Å². The van der Waals surface area contributed by atoms with Crippen LogP contribution in [0.2, 0.25) is 0 Å². The molecule has 0 aromatic heterocycles. The predicted octanol–water partition coefficient (Wildman–Crippen LogP) is 2.12. The first-order valence-electron chi connectivity index (χ1n) is 6.44. The summed E-state index contributed by atoms with van der Waals surface area (Å²) in [5.41, 5.74) is 5.51. The highest BCUT2D eigenvalue weighted by Crippen LogP contribution is 2.28. The molecule has 0 heterocycles. The molecule has 0 bridgehead atoms. The van der Waals surface area contributed by atoms with E-state index in [1.54, 1.807) is 26.8 Å². The summed E-state index contributed by atoms with van der Waals surface area (Å²) in [4.78, 5) is 11.7. The number of aliphatic hydroxyl groups is 1. The first kappa shape index (κ1) is 16.3. The number of hydrogen-bond acceptors (Lipinski definition) is 5. The van der Waals surface area contributed by atoms with E-state index in [0.717, 1.165) is 0 Å². The second-order valence-electron chi connectivity index (χ2n) is 5.50. The summed E-state index contributed by atoms with van der Waals surface area (Å²) in [6, 6.07) is 4.48. The summed E-state index contributed by atoms with van der Waals surface area (Å²) in [7, 11) is 0. The maximum Gasteiger partial charge on any atom is 0.412 e. The van der Waals surface area contributed by atoms with Crippen molar-refractivity contribution in [3.63, 3.8) is 0 Å². The SMILES string of the molecule is CC(C)(C)OC(=O)Nc1cc([C@@H](O)CCN)ccc1O. The molecule has 0 saturated heterocycles. The van der Waals surface area contributed by atoms with Gasteiger partial charge in [-0.1, -0.05) is 6.07 Å². The Balaban J connectivity index is 2.84. The van der Waals surface area contributed by atoms with Crippen LogP contribution in [0, 0.1) is 0 Å². The fourth-order valence-corrected chi connectivity index (χ4v) is 1.60. The number of amides is 1. The molecule has 112 valence electrons. The standard InChI is InChI=1S/C14H22N2O4/c1-14(2,3)20-13(19)16-10-8-9(4-5-12(10)18)11(17)6-7-15/h4-5,8,11,17-18H,6-7,15H2,1-3H3,(H,16,19)/t11-/m0/s1. The maximum absolute atomic E-state index is 11.7. The van der Waals surface area contributed by atoms with E-state index in [0.29, 0.717) is 18.5 Å². The van der Waals surface area contributed by atoms with E-state index in [9.17, 15) is 15.0 Å². The fraction of sp³-hybridized carbons (Fsp3) is 0.500. The number of ether oxygens (including phenoxy) is 1. The van der Waals surface area contributed by atoms with Crippen molar-refractivity contribution < 1.29 is 19.7 Å². The van der Waals surface area contributed by atoms with Crippen molar-refractivity contribution in [1.29, 1.82) is 0 Å². The number of anilines is 1. The zero-order chi connectivity index (χ0) is 15.3. The molecule has 6 nitrogen and oxygen atoms in total. The average Bonchev–Trinajstić information content (AvgIpc) is 2.29. The first-order chi connectivity index (χ1) is 9.23. The molecule has 1 aromatic rings. The van der Waals surface area contributed by atoms with E-state index in [4.69, 9.17) is 10.5 Å². The number of carbonyl (C=O) groups is 1. The molecule has 0 aliphatic rings. The minimum atomic E-state index is -0.736. The molecule has 0 aliphatic carbocycles. The Kier molecular flexibility index (Phi) is 5.35. The average molecular weight is 282 g/mol. The molecule has 6 heteroatoms. The number of aliphatic hydroxyl groups excluding tert-OH is 1. The number of nitrogens with two attached hydrogens (primary N) is 1. The topological polar surface area (TPSA) is 105 Å². The minimum absolute atomic E-state index is 0.0976. The van der Waals surface area contributed by atoms with Gasteiger partial charge in [-0.15, -0.1) is 0 Å². The lowest BCUT2D eigenvalue weighted by Crippen LogP contribution is -2.27. The van der Waals surface area contributed by atoms with Crippen LogP contribution in [-0.4, -0.2) is 28.5 Å². The summed E-state index contributed by atoms with van der Waals surface area (Å²) in [6.07, 6.45) is -1.01. The number of phenols is 1. The summed E-state index contributed by atoms with van der Waals surface area (Å²) in [5, 5.41) is 22.0. The Bertz CT molecular complexity index is 469. The van der Waals surface area contributed by atoms with E-state index in [2.05, 4.69) is 5.32 Å². The van der Waals surface area contributed by atoms with Gasteiger partial charge in [0.05, 0.1) is 11.8 Å². The van der Waals surface area contributed by atoms with Crippen LogP contribution >= 0.6 is 0 Å². The zero-order valence-electron chi connectivity index (χ0n) is 12.0. The van der Waals surface area contributed by atoms with E-state index in [1.165, 1.54) is 12.1 Å². The number of rotatable bonds is 4. The van der Waals surface area contributed by atoms with Gasteiger partial charge in [0.2, 0.25) is 0 Å². The first-order valence-corrected chi connectivity index (χ1v) is 6.44. The Labute approximate surface area is 118 Å². The van der Waals surface area contributed by atoms with Gasteiger partial charge in [0.1, 0.15) is 11.4 Å². The van der Waals surface area contributed by atoms with Crippen molar-refractivity contribution in [1.82, 2.24) is 0 Å². The van der Waals surface area contributed by atoms with Gasteiger partial charge in [-0.3, -0.25) is 5.32 Å². The van der Waals surface area contributed by atoms with Crippen LogP contribution in [0.15, 0.2) is 18.2 Å². The summed E-state index contributed by atoms with van der Waals surface area (Å²) >= 11 is 0. The van der Waals surface area contributed by atoms with Crippen LogP contribution in [0.4, 0.5) is 10.5 Å². The van der Waals surface area contributed by atoms with E-state index < -0.39 is 17.8 Å². The van der Waals surface area contributed by atoms with Gasteiger partial charge in [0.15, 0.2) is 0 Å². The molecule has 1 amide bonds. The highest BCUT2D eigenvalue weighted by atomic mass is 16.6. The van der Waals surface area contributed by atoms with Gasteiger partial charge >= 0.3 is 6.09 Å². The minimum Gasteiger partial charge on any atom is -0.506 e. The number of phenolic OH excluding ortho intramolecular Hbond substituents is 1. The van der Waals surface area contributed by atoms with Crippen molar-refractivity contribution in [3.8, 4) is 5.75 Å². The number of aromatic hydroxyl groups is 1. The number of hydrogen-bond donors (Lipinski definition) is 4.